The SMILES string of the molecule is CC(O[Si](C)(C)C(C)(C)C)c1cc(C(=O)N2CCN([C@@H](C)C(=O)Nc3cnc(Oc4ccc(F)cc4F)cn3)CC2(C)C)cc[n+]1[O-]. The van der Waals surface area contributed by atoms with Gasteiger partial charge < -0.3 is 24.6 Å². The minimum Gasteiger partial charge on any atom is -0.618 e. The van der Waals surface area contributed by atoms with Crippen LogP contribution in [0.25, 0.3) is 0 Å². The van der Waals surface area contributed by atoms with Crippen LogP contribution in [0.5, 0.6) is 11.6 Å². The number of hydrogen-bond acceptors (Lipinski definition) is 8. The van der Waals surface area contributed by atoms with E-state index >= 15 is 0 Å². The van der Waals surface area contributed by atoms with Gasteiger partial charge in [0.2, 0.25) is 17.5 Å². The normalized spacial score (nSPS) is 16.8. The maximum absolute atomic E-state index is 13.9. The van der Waals surface area contributed by atoms with Crippen LogP contribution >= 0.6 is 0 Å². The van der Waals surface area contributed by atoms with Crippen LogP contribution in [0, 0.1) is 16.8 Å². The number of ether oxygens (including phenoxy) is 1. The Morgan fingerprint density at radius 1 is 1.09 bits per heavy atom. The molecule has 2 amide bonds. The molecule has 0 bridgehead atoms. The standard InChI is InChI=1S/C33H44F2N6O5Si/c1-21(30(42)38-28-18-37-29(19-36-28)45-27-11-10-24(34)17-25(27)35)39-14-15-40(33(6,7)20-39)31(43)23-12-13-41(44)26(16-23)22(2)46-47(8,9)32(3,4)5/h10-13,16-19,21-22H,14-15,20H2,1-9H3,(H,36,38,42)/t21-,22?/m0/s1. The number of rotatable bonds is 9. The third-order valence-corrected chi connectivity index (χ3v) is 13.5. The van der Waals surface area contributed by atoms with Gasteiger partial charge in [-0.05, 0) is 58.0 Å². The van der Waals surface area contributed by atoms with E-state index in [4.69, 9.17) is 9.16 Å². The van der Waals surface area contributed by atoms with Gasteiger partial charge in [-0.2, -0.15) is 4.73 Å². The second-order valence-corrected chi connectivity index (χ2v) is 18.8. The molecule has 47 heavy (non-hydrogen) atoms. The lowest BCUT2D eigenvalue weighted by atomic mass is 9.96. The predicted molar refractivity (Wildman–Crippen MR) is 175 cm³/mol. The summed E-state index contributed by atoms with van der Waals surface area (Å²) in [6.07, 6.45) is 3.36. The average molecular weight is 671 g/mol. The molecule has 1 aromatic carbocycles. The molecule has 3 aromatic rings. The summed E-state index contributed by atoms with van der Waals surface area (Å²) in [5.41, 5.74) is 0.149. The minimum absolute atomic E-state index is 0.0303. The van der Waals surface area contributed by atoms with Gasteiger partial charge >= 0.3 is 0 Å². The summed E-state index contributed by atoms with van der Waals surface area (Å²) >= 11 is 0. The van der Waals surface area contributed by atoms with E-state index in [-0.39, 0.29) is 34.3 Å². The molecule has 1 unspecified atom stereocenters. The molecule has 1 saturated heterocycles. The van der Waals surface area contributed by atoms with Gasteiger partial charge in [-0.3, -0.25) is 14.5 Å². The molecule has 3 heterocycles. The molecule has 1 aliphatic rings. The summed E-state index contributed by atoms with van der Waals surface area (Å²) in [5.74, 6) is -2.21. The van der Waals surface area contributed by atoms with E-state index in [1.165, 1.54) is 24.7 Å². The molecule has 2 atom stereocenters. The van der Waals surface area contributed by atoms with Crippen LogP contribution in [0.3, 0.4) is 0 Å². The third-order valence-electron chi connectivity index (χ3n) is 8.98. The Morgan fingerprint density at radius 2 is 1.79 bits per heavy atom. The van der Waals surface area contributed by atoms with Crippen molar-refractivity contribution in [1.82, 2.24) is 19.8 Å². The van der Waals surface area contributed by atoms with Gasteiger partial charge in [-0.15, -0.1) is 0 Å². The van der Waals surface area contributed by atoms with Crippen LogP contribution in [0.2, 0.25) is 18.1 Å². The molecule has 0 saturated carbocycles. The topological polar surface area (TPSA) is 124 Å². The van der Waals surface area contributed by atoms with Gasteiger partial charge in [0.15, 0.2) is 31.9 Å². The summed E-state index contributed by atoms with van der Waals surface area (Å²) in [6, 6.07) is 5.50. The van der Waals surface area contributed by atoms with E-state index in [2.05, 4.69) is 49.1 Å². The van der Waals surface area contributed by atoms with E-state index in [1.54, 1.807) is 17.9 Å². The lowest BCUT2D eigenvalue weighted by Crippen LogP contribution is -2.63. The van der Waals surface area contributed by atoms with Crippen molar-refractivity contribution in [2.75, 3.05) is 25.0 Å². The fraction of sp³-hybridized carbons (Fsp3) is 0.485. The number of anilines is 1. The van der Waals surface area contributed by atoms with Crippen molar-refractivity contribution < 1.29 is 32.3 Å². The predicted octanol–water partition coefficient (Wildman–Crippen LogP) is 5.83. The number of amides is 2. The number of aromatic nitrogens is 3. The van der Waals surface area contributed by atoms with E-state index in [9.17, 15) is 23.6 Å². The smallest absolute Gasteiger partial charge is 0.254 e. The van der Waals surface area contributed by atoms with Crippen LogP contribution in [-0.4, -0.2) is 71.1 Å². The van der Waals surface area contributed by atoms with Crippen LogP contribution in [-0.2, 0) is 9.22 Å². The molecule has 2 aromatic heterocycles. The van der Waals surface area contributed by atoms with Gasteiger partial charge in [0.1, 0.15) is 11.9 Å². The van der Waals surface area contributed by atoms with Crippen molar-refractivity contribution in [3.05, 3.63) is 77.0 Å². The summed E-state index contributed by atoms with van der Waals surface area (Å²) in [7, 11) is -2.17. The lowest BCUT2D eigenvalue weighted by molar-refractivity contribution is -0.618. The van der Waals surface area contributed by atoms with Crippen LogP contribution in [0.4, 0.5) is 14.6 Å². The monoisotopic (exact) mass is 670 g/mol. The number of hydrogen-bond donors (Lipinski definition) is 1. The Labute approximate surface area is 275 Å². The number of halogens is 2. The zero-order chi connectivity index (χ0) is 34.9. The van der Waals surface area contributed by atoms with E-state index in [0.717, 1.165) is 16.9 Å². The molecule has 0 aliphatic carbocycles. The molecule has 0 radical (unpaired) electrons. The van der Waals surface area contributed by atoms with E-state index in [1.807, 2.05) is 25.7 Å². The number of piperazine rings is 1. The van der Waals surface area contributed by atoms with Crippen molar-refractivity contribution in [3.63, 3.8) is 0 Å². The number of benzene rings is 1. The number of carbonyl (C=O) groups excluding carboxylic acids is 2. The summed E-state index contributed by atoms with van der Waals surface area (Å²) in [5, 5.41) is 15.4. The zero-order valence-electron chi connectivity index (χ0n) is 28.4. The average Bonchev–Trinajstić information content (AvgIpc) is 2.97. The van der Waals surface area contributed by atoms with Crippen LogP contribution in [0.1, 0.15) is 70.6 Å². The highest BCUT2D eigenvalue weighted by molar-refractivity contribution is 6.74. The molecule has 11 nitrogen and oxygen atoms in total. The van der Waals surface area contributed by atoms with Crippen molar-refractivity contribution in [2.45, 2.75) is 84.3 Å². The van der Waals surface area contributed by atoms with Crippen molar-refractivity contribution >= 4 is 25.9 Å². The van der Waals surface area contributed by atoms with Gasteiger partial charge in [-0.25, -0.2) is 18.7 Å². The summed E-state index contributed by atoms with van der Waals surface area (Å²) in [6.45, 7) is 19.4. The molecule has 4 rings (SSSR count). The number of nitrogens with one attached hydrogen (secondary N) is 1. The fourth-order valence-electron chi connectivity index (χ4n) is 5.17. The number of nitrogens with zero attached hydrogens (tertiary/aromatic N) is 5. The first-order valence-electron chi connectivity index (χ1n) is 15.5. The van der Waals surface area contributed by atoms with Gasteiger partial charge in [0.25, 0.3) is 5.91 Å². The van der Waals surface area contributed by atoms with Crippen molar-refractivity contribution in [3.8, 4) is 11.6 Å². The molecule has 1 aliphatic heterocycles. The highest BCUT2D eigenvalue weighted by Crippen LogP contribution is 2.39. The summed E-state index contributed by atoms with van der Waals surface area (Å²) < 4.78 is 39.6. The molecular weight excluding hydrogens is 626 g/mol. The molecule has 14 heteroatoms. The Hall–Kier alpha value is -4.01. The Bertz CT molecular complexity index is 1620. The second kappa shape index (κ2) is 13.6. The second-order valence-electron chi connectivity index (χ2n) is 14.0. The molecule has 254 valence electrons. The number of pyridine rings is 1. The molecule has 1 fully saturated rings. The first-order chi connectivity index (χ1) is 21.8. The molecule has 1 N–H and O–H groups in total. The van der Waals surface area contributed by atoms with Gasteiger partial charge in [0.05, 0.1) is 29.5 Å². The largest absolute Gasteiger partial charge is 0.618 e. The Morgan fingerprint density at radius 3 is 2.38 bits per heavy atom. The summed E-state index contributed by atoms with van der Waals surface area (Å²) in [4.78, 5) is 38.9. The fourth-order valence-corrected chi connectivity index (χ4v) is 6.53. The first-order valence-corrected chi connectivity index (χ1v) is 18.4. The maximum atomic E-state index is 13.9. The molecule has 0 spiro atoms. The van der Waals surface area contributed by atoms with Crippen LogP contribution < -0.4 is 14.8 Å². The number of carbonyl (C=O) groups is 2. The van der Waals surface area contributed by atoms with Crippen molar-refractivity contribution in [2.24, 2.45) is 0 Å². The first kappa shape index (κ1) is 35.8. The third kappa shape index (κ3) is 8.29. The van der Waals surface area contributed by atoms with Crippen LogP contribution in [0.15, 0.2) is 48.9 Å². The van der Waals surface area contributed by atoms with Crippen molar-refractivity contribution in [1.29, 1.82) is 0 Å². The Kier molecular flexibility index (Phi) is 10.4. The Balaban J connectivity index is 1.38. The highest BCUT2D eigenvalue weighted by Gasteiger charge is 2.42. The van der Waals surface area contributed by atoms with E-state index < -0.39 is 37.6 Å². The highest BCUT2D eigenvalue weighted by atomic mass is 28.4. The van der Waals surface area contributed by atoms with E-state index in [0.29, 0.717) is 37.0 Å². The lowest BCUT2D eigenvalue weighted by Gasteiger charge is -2.48. The maximum Gasteiger partial charge on any atom is 0.254 e. The zero-order valence-corrected chi connectivity index (χ0v) is 29.4. The minimum atomic E-state index is -2.17. The molecular formula is C33H44F2N6O5Si. The quantitative estimate of drug-likeness (QED) is 0.172. The van der Waals surface area contributed by atoms with Gasteiger partial charge in [-0.1, -0.05) is 20.8 Å². The van der Waals surface area contributed by atoms with Gasteiger partial charge in [0, 0.05) is 37.8 Å².